The van der Waals surface area contributed by atoms with Gasteiger partial charge in [0.2, 0.25) is 0 Å². The zero-order valence-corrected chi connectivity index (χ0v) is 11.5. The van der Waals surface area contributed by atoms with E-state index in [0.717, 1.165) is 31.5 Å². The average molecular weight is 263 g/mol. The number of carbonyl (C=O) groups is 1. The molecule has 1 aromatic carbocycles. The molecule has 0 saturated carbocycles. The first-order chi connectivity index (χ1) is 9.15. The second-order valence-corrected chi connectivity index (χ2v) is 4.92. The number of piperidine rings is 1. The lowest BCUT2D eigenvalue weighted by Gasteiger charge is -2.31. The van der Waals surface area contributed by atoms with Crippen LogP contribution in [0, 0.1) is 6.92 Å². The number of anilines is 1. The van der Waals surface area contributed by atoms with Gasteiger partial charge in [-0.3, -0.25) is 10.6 Å². The lowest BCUT2D eigenvalue weighted by Crippen LogP contribution is -2.41. The summed E-state index contributed by atoms with van der Waals surface area (Å²) in [7, 11) is 1.72. The Morgan fingerprint density at radius 1 is 1.42 bits per heavy atom. The Labute approximate surface area is 113 Å². The van der Waals surface area contributed by atoms with Crippen LogP contribution in [0.2, 0.25) is 0 Å². The number of likely N-dealkylation sites (tertiary alicyclic amines) is 1. The molecule has 1 fully saturated rings. The highest BCUT2D eigenvalue weighted by Gasteiger charge is 2.24. The minimum atomic E-state index is 0.0335. The molecular weight excluding hydrogens is 242 g/mol. The predicted molar refractivity (Wildman–Crippen MR) is 74.9 cm³/mol. The van der Waals surface area contributed by atoms with Crippen LogP contribution >= 0.6 is 0 Å². The molecule has 2 rings (SSSR count). The number of hydrazine groups is 1. The van der Waals surface area contributed by atoms with Gasteiger partial charge in [-0.05, 0) is 31.9 Å². The second kappa shape index (κ2) is 6.04. The first-order valence-corrected chi connectivity index (χ1v) is 6.55. The van der Waals surface area contributed by atoms with Crippen molar-refractivity contribution >= 4 is 11.6 Å². The third kappa shape index (κ3) is 3.05. The lowest BCUT2D eigenvalue weighted by atomic mass is 10.0. The van der Waals surface area contributed by atoms with Crippen molar-refractivity contribution in [3.63, 3.8) is 0 Å². The average Bonchev–Trinajstić information content (AvgIpc) is 2.46. The lowest BCUT2D eigenvalue weighted by molar-refractivity contribution is 0.0351. The van der Waals surface area contributed by atoms with Crippen LogP contribution in [0.1, 0.15) is 28.8 Å². The SMILES string of the molecule is COC1CCN(C(=O)c2cc(C)ccc2NN)CC1. The molecule has 1 aliphatic rings. The van der Waals surface area contributed by atoms with Crippen molar-refractivity contribution in [2.75, 3.05) is 25.6 Å². The van der Waals surface area contributed by atoms with Crippen LogP contribution in [0.3, 0.4) is 0 Å². The van der Waals surface area contributed by atoms with Crippen LogP contribution in [0.15, 0.2) is 18.2 Å². The number of nitrogens with one attached hydrogen (secondary N) is 1. The highest BCUT2D eigenvalue weighted by molar-refractivity contribution is 5.99. The number of hydrogen-bond donors (Lipinski definition) is 2. The van der Waals surface area contributed by atoms with Crippen molar-refractivity contribution in [2.45, 2.75) is 25.9 Å². The molecular formula is C14H21N3O2. The van der Waals surface area contributed by atoms with E-state index in [1.165, 1.54) is 0 Å². The molecule has 1 amide bonds. The maximum Gasteiger partial charge on any atom is 0.256 e. The highest BCUT2D eigenvalue weighted by atomic mass is 16.5. The van der Waals surface area contributed by atoms with Crippen LogP contribution in [-0.2, 0) is 4.74 Å². The number of carbonyl (C=O) groups excluding carboxylic acids is 1. The van der Waals surface area contributed by atoms with E-state index >= 15 is 0 Å². The van der Waals surface area contributed by atoms with Crippen molar-refractivity contribution in [3.05, 3.63) is 29.3 Å². The Morgan fingerprint density at radius 2 is 2.11 bits per heavy atom. The standard InChI is InChI=1S/C14H21N3O2/c1-10-3-4-13(16-15)12(9-10)14(18)17-7-5-11(19-2)6-8-17/h3-4,9,11,16H,5-8,15H2,1-2H3. The smallest absolute Gasteiger partial charge is 0.256 e. The van der Waals surface area contributed by atoms with Crippen LogP contribution in [-0.4, -0.2) is 37.1 Å². The van der Waals surface area contributed by atoms with Gasteiger partial charge in [0, 0.05) is 20.2 Å². The maximum absolute atomic E-state index is 12.5. The van der Waals surface area contributed by atoms with Gasteiger partial charge >= 0.3 is 0 Å². The van der Waals surface area contributed by atoms with Crippen molar-refractivity contribution in [1.82, 2.24) is 4.90 Å². The largest absolute Gasteiger partial charge is 0.381 e. The first-order valence-electron chi connectivity index (χ1n) is 6.55. The number of amides is 1. The third-order valence-electron chi connectivity index (χ3n) is 3.62. The summed E-state index contributed by atoms with van der Waals surface area (Å²) in [6.07, 6.45) is 2.05. The Kier molecular flexibility index (Phi) is 4.39. The summed E-state index contributed by atoms with van der Waals surface area (Å²) in [5.74, 6) is 5.50. The molecule has 5 nitrogen and oxygen atoms in total. The molecule has 1 aliphatic heterocycles. The van der Waals surface area contributed by atoms with E-state index in [1.54, 1.807) is 7.11 Å². The molecule has 19 heavy (non-hydrogen) atoms. The molecule has 1 aromatic rings. The van der Waals surface area contributed by atoms with Gasteiger partial charge in [0.05, 0.1) is 17.4 Å². The zero-order chi connectivity index (χ0) is 13.8. The van der Waals surface area contributed by atoms with Gasteiger partial charge in [-0.2, -0.15) is 0 Å². The summed E-state index contributed by atoms with van der Waals surface area (Å²) in [6.45, 7) is 3.43. The van der Waals surface area contributed by atoms with Crippen LogP contribution < -0.4 is 11.3 Å². The molecule has 3 N–H and O–H groups in total. The summed E-state index contributed by atoms with van der Waals surface area (Å²) in [6, 6.07) is 5.65. The number of aryl methyl sites for hydroxylation is 1. The number of benzene rings is 1. The Hall–Kier alpha value is -1.59. The van der Waals surface area contributed by atoms with E-state index in [0.29, 0.717) is 11.3 Å². The van der Waals surface area contributed by atoms with Crippen molar-refractivity contribution in [2.24, 2.45) is 5.84 Å². The van der Waals surface area contributed by atoms with E-state index in [4.69, 9.17) is 10.6 Å². The number of nitrogens with zero attached hydrogens (tertiary/aromatic N) is 1. The maximum atomic E-state index is 12.5. The number of rotatable bonds is 3. The van der Waals surface area contributed by atoms with Crippen molar-refractivity contribution < 1.29 is 9.53 Å². The number of hydrogen-bond acceptors (Lipinski definition) is 4. The second-order valence-electron chi connectivity index (χ2n) is 4.92. The van der Waals surface area contributed by atoms with Gasteiger partial charge < -0.3 is 15.1 Å². The molecule has 5 heteroatoms. The Balaban J connectivity index is 2.14. The van der Waals surface area contributed by atoms with Crippen molar-refractivity contribution in [1.29, 1.82) is 0 Å². The van der Waals surface area contributed by atoms with E-state index in [-0.39, 0.29) is 12.0 Å². The summed E-state index contributed by atoms with van der Waals surface area (Å²) < 4.78 is 5.32. The number of ether oxygens (including phenoxy) is 1. The summed E-state index contributed by atoms with van der Waals surface area (Å²) in [5.41, 5.74) is 4.95. The quantitative estimate of drug-likeness (QED) is 0.641. The van der Waals surface area contributed by atoms with Gasteiger partial charge in [0.25, 0.3) is 5.91 Å². The van der Waals surface area contributed by atoms with E-state index in [2.05, 4.69) is 5.43 Å². The molecule has 0 bridgehead atoms. The number of nitrogen functional groups attached to an aromatic ring is 1. The monoisotopic (exact) mass is 263 g/mol. The first kappa shape index (κ1) is 13.8. The normalized spacial score (nSPS) is 16.5. The summed E-state index contributed by atoms with van der Waals surface area (Å²) >= 11 is 0. The molecule has 1 saturated heterocycles. The highest BCUT2D eigenvalue weighted by Crippen LogP contribution is 2.21. The fourth-order valence-corrected chi connectivity index (χ4v) is 2.43. The Morgan fingerprint density at radius 3 is 2.68 bits per heavy atom. The minimum Gasteiger partial charge on any atom is -0.381 e. The molecule has 0 aromatic heterocycles. The van der Waals surface area contributed by atoms with Crippen LogP contribution in [0.5, 0.6) is 0 Å². The fraction of sp³-hybridized carbons (Fsp3) is 0.500. The Bertz CT molecular complexity index is 454. The minimum absolute atomic E-state index is 0.0335. The zero-order valence-electron chi connectivity index (χ0n) is 11.5. The third-order valence-corrected chi connectivity index (χ3v) is 3.62. The van der Waals surface area contributed by atoms with Gasteiger partial charge in [0.15, 0.2) is 0 Å². The molecule has 0 atom stereocenters. The molecule has 1 heterocycles. The number of methoxy groups -OCH3 is 1. The molecule has 0 spiro atoms. The van der Waals surface area contributed by atoms with Crippen molar-refractivity contribution in [3.8, 4) is 0 Å². The van der Waals surface area contributed by atoms with Gasteiger partial charge in [-0.15, -0.1) is 0 Å². The molecule has 0 aliphatic carbocycles. The van der Waals surface area contributed by atoms with E-state index in [1.807, 2.05) is 30.0 Å². The van der Waals surface area contributed by atoms with E-state index in [9.17, 15) is 4.79 Å². The number of nitrogens with two attached hydrogens (primary N) is 1. The van der Waals surface area contributed by atoms with Gasteiger partial charge in [-0.25, -0.2) is 0 Å². The fourth-order valence-electron chi connectivity index (χ4n) is 2.43. The summed E-state index contributed by atoms with van der Waals surface area (Å²) in [4.78, 5) is 14.4. The molecule has 0 unspecified atom stereocenters. The van der Waals surface area contributed by atoms with Gasteiger partial charge in [-0.1, -0.05) is 11.6 Å². The van der Waals surface area contributed by atoms with Crippen LogP contribution in [0.4, 0.5) is 5.69 Å². The predicted octanol–water partition coefficient (Wildman–Crippen LogP) is 1.53. The van der Waals surface area contributed by atoms with E-state index < -0.39 is 0 Å². The molecule has 104 valence electrons. The topological polar surface area (TPSA) is 67.6 Å². The van der Waals surface area contributed by atoms with Crippen LogP contribution in [0.25, 0.3) is 0 Å². The molecule has 0 radical (unpaired) electrons. The summed E-state index contributed by atoms with van der Waals surface area (Å²) in [5, 5.41) is 0. The van der Waals surface area contributed by atoms with Gasteiger partial charge in [0.1, 0.15) is 0 Å².